The van der Waals surface area contributed by atoms with Gasteiger partial charge in [-0.2, -0.15) is 28.3 Å². The zero-order chi connectivity index (χ0) is 9.59. The van der Waals surface area contributed by atoms with Crippen molar-refractivity contribution in [3.05, 3.63) is 33.9 Å². The molecule has 0 bridgehead atoms. The van der Waals surface area contributed by atoms with Gasteiger partial charge in [-0.3, -0.25) is 0 Å². The normalized spacial score (nSPS) is 19.0. The molecular formula is C13H17Y-. The summed E-state index contributed by atoms with van der Waals surface area (Å²) in [5, 5.41) is 0. The van der Waals surface area contributed by atoms with Gasteiger partial charge in [0, 0.05) is 32.7 Å². The Morgan fingerprint density at radius 1 is 1.07 bits per heavy atom. The molecule has 1 atom stereocenters. The molecule has 1 heteroatoms. The van der Waals surface area contributed by atoms with Crippen LogP contribution in [0.2, 0.25) is 0 Å². The smallest absolute Gasteiger partial charge is 0 e. The van der Waals surface area contributed by atoms with Crippen LogP contribution in [0.5, 0.6) is 0 Å². The van der Waals surface area contributed by atoms with Crippen molar-refractivity contribution in [1.82, 2.24) is 0 Å². The van der Waals surface area contributed by atoms with Gasteiger partial charge in [-0.1, -0.05) is 34.1 Å². The van der Waals surface area contributed by atoms with E-state index in [9.17, 15) is 0 Å². The predicted octanol–water partition coefficient (Wildman–Crippen LogP) is 3.14. The summed E-state index contributed by atoms with van der Waals surface area (Å²) in [5.41, 5.74) is 7.34. The van der Waals surface area contributed by atoms with Gasteiger partial charge >= 0.3 is 0 Å². The van der Waals surface area contributed by atoms with Gasteiger partial charge < -0.3 is 0 Å². The first kappa shape index (κ1) is 12.4. The van der Waals surface area contributed by atoms with E-state index in [0.717, 1.165) is 5.92 Å². The second kappa shape index (κ2) is 4.45. The molecule has 0 heterocycles. The monoisotopic (exact) mass is 262 g/mol. The third-order valence-corrected chi connectivity index (χ3v) is 3.39. The summed E-state index contributed by atoms with van der Waals surface area (Å²) in [6.45, 7) is 8.97. The van der Waals surface area contributed by atoms with Crippen molar-refractivity contribution in [2.75, 3.05) is 0 Å². The van der Waals surface area contributed by atoms with E-state index in [1.165, 1.54) is 35.1 Å². The zero-order valence-electron chi connectivity index (χ0n) is 9.57. The molecule has 0 saturated heterocycles. The van der Waals surface area contributed by atoms with Gasteiger partial charge in [-0.15, -0.1) is 5.56 Å². The second-order valence-electron chi connectivity index (χ2n) is 4.47. The predicted molar refractivity (Wildman–Crippen MR) is 56.1 cm³/mol. The summed E-state index contributed by atoms with van der Waals surface area (Å²) in [4.78, 5) is 0. The fourth-order valence-corrected chi connectivity index (χ4v) is 2.35. The molecule has 1 radical (unpaired) electrons. The Labute approximate surface area is 112 Å². The van der Waals surface area contributed by atoms with Crippen molar-refractivity contribution in [2.45, 2.75) is 40.5 Å². The first-order chi connectivity index (χ1) is 6.09. The Balaban J connectivity index is 0.000000980. The standard InChI is InChI=1S/C13H17.Y/c1-8-5-12-7-9(2)10(3)11(4)13(12)6-8;/h8H,5-6H2,1-4H3;/q-1;. The molecule has 0 fully saturated rings. The Bertz CT molecular complexity index is 353. The van der Waals surface area contributed by atoms with Gasteiger partial charge in [-0.25, -0.2) is 0 Å². The molecule has 0 nitrogen and oxygen atoms in total. The largest absolute Gasteiger partial charge is 0.177 e. The van der Waals surface area contributed by atoms with E-state index in [0.29, 0.717) is 0 Å². The molecule has 73 valence electrons. The van der Waals surface area contributed by atoms with Crippen molar-refractivity contribution >= 4 is 0 Å². The van der Waals surface area contributed by atoms with E-state index in [4.69, 9.17) is 0 Å². The molecule has 1 aliphatic carbocycles. The average Bonchev–Trinajstić information content (AvgIpc) is 2.42. The SMILES string of the molecule is Cc1[c-]c2c(c(C)c1C)CC(C)C2.[Y]. The van der Waals surface area contributed by atoms with Crippen LogP contribution < -0.4 is 0 Å². The maximum atomic E-state index is 3.53. The first-order valence-electron chi connectivity index (χ1n) is 5.10. The van der Waals surface area contributed by atoms with Crippen LogP contribution in [-0.2, 0) is 45.6 Å². The molecule has 1 aromatic carbocycles. The fourth-order valence-electron chi connectivity index (χ4n) is 2.35. The Kier molecular flexibility index (Phi) is 3.94. The molecule has 1 aromatic rings. The van der Waals surface area contributed by atoms with Crippen LogP contribution in [0.1, 0.15) is 34.7 Å². The topological polar surface area (TPSA) is 0 Å². The molecule has 0 amide bonds. The number of rotatable bonds is 0. The minimum atomic E-state index is 0. The van der Waals surface area contributed by atoms with Gasteiger partial charge in [0.25, 0.3) is 0 Å². The number of fused-ring (bicyclic) bond motifs is 1. The van der Waals surface area contributed by atoms with Gasteiger partial charge in [0.15, 0.2) is 0 Å². The van der Waals surface area contributed by atoms with Crippen LogP contribution in [0.25, 0.3) is 0 Å². The third kappa shape index (κ3) is 1.97. The quantitative estimate of drug-likeness (QED) is 0.630. The summed E-state index contributed by atoms with van der Waals surface area (Å²) in [5.74, 6) is 0.825. The van der Waals surface area contributed by atoms with Crippen molar-refractivity contribution < 1.29 is 32.7 Å². The minimum absolute atomic E-state index is 0. The van der Waals surface area contributed by atoms with Gasteiger partial charge in [0.2, 0.25) is 0 Å². The fraction of sp³-hybridized carbons (Fsp3) is 0.538. The molecule has 0 aliphatic heterocycles. The summed E-state index contributed by atoms with van der Waals surface area (Å²) >= 11 is 0. The molecular weight excluding hydrogens is 245 g/mol. The van der Waals surface area contributed by atoms with Gasteiger partial charge in [0.05, 0.1) is 0 Å². The number of hydrogen-bond acceptors (Lipinski definition) is 0. The zero-order valence-corrected chi connectivity index (χ0v) is 12.4. The minimum Gasteiger partial charge on any atom is -0.177 e. The third-order valence-electron chi connectivity index (χ3n) is 3.39. The second-order valence-corrected chi connectivity index (χ2v) is 4.47. The number of aryl methyl sites for hydroxylation is 1. The van der Waals surface area contributed by atoms with Crippen molar-refractivity contribution in [2.24, 2.45) is 5.92 Å². The Hall–Kier alpha value is 0.324. The maximum absolute atomic E-state index is 3.53. The molecule has 0 spiro atoms. The van der Waals surface area contributed by atoms with Gasteiger partial charge in [0.1, 0.15) is 0 Å². The summed E-state index contributed by atoms with van der Waals surface area (Å²) < 4.78 is 0. The van der Waals surface area contributed by atoms with Crippen LogP contribution in [0.4, 0.5) is 0 Å². The van der Waals surface area contributed by atoms with Crippen molar-refractivity contribution in [3.8, 4) is 0 Å². The molecule has 1 aliphatic rings. The Morgan fingerprint density at radius 3 is 2.36 bits per heavy atom. The molecule has 0 saturated carbocycles. The van der Waals surface area contributed by atoms with E-state index in [1.54, 1.807) is 5.56 Å². The average molecular weight is 262 g/mol. The first-order valence-corrected chi connectivity index (χ1v) is 5.10. The molecule has 14 heavy (non-hydrogen) atoms. The molecule has 2 rings (SSSR count). The summed E-state index contributed by atoms with van der Waals surface area (Å²) in [7, 11) is 0. The van der Waals surface area contributed by atoms with Crippen LogP contribution in [-0.4, -0.2) is 0 Å². The van der Waals surface area contributed by atoms with Gasteiger partial charge in [-0.05, 0) is 12.3 Å². The van der Waals surface area contributed by atoms with Crippen LogP contribution >= 0.6 is 0 Å². The Morgan fingerprint density at radius 2 is 1.71 bits per heavy atom. The van der Waals surface area contributed by atoms with Crippen molar-refractivity contribution in [1.29, 1.82) is 0 Å². The van der Waals surface area contributed by atoms with Crippen LogP contribution in [0.15, 0.2) is 0 Å². The molecule has 0 aromatic heterocycles. The van der Waals surface area contributed by atoms with Crippen molar-refractivity contribution in [3.63, 3.8) is 0 Å². The van der Waals surface area contributed by atoms with E-state index < -0.39 is 0 Å². The molecule has 1 unspecified atom stereocenters. The number of benzene rings is 1. The summed E-state index contributed by atoms with van der Waals surface area (Å²) in [6, 6.07) is 3.53. The summed E-state index contributed by atoms with van der Waals surface area (Å²) in [6.07, 6.45) is 2.50. The van der Waals surface area contributed by atoms with E-state index >= 15 is 0 Å². The molecule has 0 N–H and O–H groups in total. The van der Waals surface area contributed by atoms with Crippen LogP contribution in [0.3, 0.4) is 0 Å². The van der Waals surface area contributed by atoms with E-state index in [2.05, 4.69) is 33.8 Å². The van der Waals surface area contributed by atoms with E-state index in [1.807, 2.05) is 0 Å². The maximum Gasteiger partial charge on any atom is 0 e. The van der Waals surface area contributed by atoms with Crippen LogP contribution in [0, 0.1) is 32.8 Å². The number of hydrogen-bond donors (Lipinski definition) is 0. The van der Waals surface area contributed by atoms with E-state index in [-0.39, 0.29) is 32.7 Å².